The Morgan fingerprint density at radius 3 is 2.72 bits per heavy atom. The van der Waals surface area contributed by atoms with E-state index in [1.54, 1.807) is 19.9 Å². The zero-order valence-electron chi connectivity index (χ0n) is 13.8. The van der Waals surface area contributed by atoms with Crippen LogP contribution in [0.25, 0.3) is 11.5 Å². The van der Waals surface area contributed by atoms with Gasteiger partial charge in [0.25, 0.3) is 5.89 Å². The Morgan fingerprint density at radius 2 is 2.00 bits per heavy atom. The van der Waals surface area contributed by atoms with Crippen LogP contribution in [0.2, 0.25) is 0 Å². The zero-order chi connectivity index (χ0) is 17.8. The van der Waals surface area contributed by atoms with Crippen LogP contribution in [0.1, 0.15) is 23.9 Å². The molecule has 0 spiro atoms. The molecule has 3 rings (SSSR count). The fourth-order valence-electron chi connectivity index (χ4n) is 2.21. The summed E-state index contributed by atoms with van der Waals surface area (Å²) in [4.78, 5) is 9.57. The summed E-state index contributed by atoms with van der Waals surface area (Å²) in [7, 11) is 0. The SMILES string of the molecule is C/C(=N\OCc1cccc(-c2nc(C)no2)c1)c1ccc(O)c(O)c1. The van der Waals surface area contributed by atoms with Crippen molar-refractivity contribution in [2.75, 3.05) is 0 Å². The maximum Gasteiger partial charge on any atom is 0.257 e. The Kier molecular flexibility index (Phi) is 4.65. The third-order valence-corrected chi connectivity index (χ3v) is 3.53. The smallest absolute Gasteiger partial charge is 0.257 e. The molecule has 0 fully saturated rings. The number of phenols is 2. The minimum atomic E-state index is -0.199. The maximum absolute atomic E-state index is 9.53. The predicted molar refractivity (Wildman–Crippen MR) is 91.2 cm³/mol. The fraction of sp³-hybridized carbons (Fsp3) is 0.167. The lowest BCUT2D eigenvalue weighted by Gasteiger charge is -2.05. The third kappa shape index (κ3) is 3.95. The van der Waals surface area contributed by atoms with Crippen molar-refractivity contribution in [3.8, 4) is 23.0 Å². The van der Waals surface area contributed by atoms with E-state index in [0.29, 0.717) is 23.0 Å². The van der Waals surface area contributed by atoms with Crippen LogP contribution in [0, 0.1) is 6.92 Å². The average Bonchev–Trinajstić information content (AvgIpc) is 3.04. The van der Waals surface area contributed by atoms with Gasteiger partial charge >= 0.3 is 0 Å². The average molecular weight is 339 g/mol. The number of hydrogen-bond acceptors (Lipinski definition) is 7. The summed E-state index contributed by atoms with van der Waals surface area (Å²) in [6.45, 7) is 3.78. The number of aryl methyl sites for hydroxylation is 1. The molecule has 1 heterocycles. The molecule has 0 aliphatic carbocycles. The van der Waals surface area contributed by atoms with E-state index in [4.69, 9.17) is 9.36 Å². The van der Waals surface area contributed by atoms with Crippen LogP contribution in [0.4, 0.5) is 0 Å². The summed E-state index contributed by atoms with van der Waals surface area (Å²) in [5.41, 5.74) is 2.95. The topological polar surface area (TPSA) is 101 Å². The molecule has 0 unspecified atom stereocenters. The van der Waals surface area contributed by atoms with Gasteiger partial charge in [-0.1, -0.05) is 22.4 Å². The number of oxime groups is 1. The highest BCUT2D eigenvalue weighted by atomic mass is 16.6. The highest BCUT2D eigenvalue weighted by molar-refractivity contribution is 5.98. The first-order valence-electron chi connectivity index (χ1n) is 7.61. The summed E-state index contributed by atoms with van der Waals surface area (Å²) >= 11 is 0. The lowest BCUT2D eigenvalue weighted by Crippen LogP contribution is -1.97. The van der Waals surface area contributed by atoms with Crippen LogP contribution in [0.5, 0.6) is 11.5 Å². The van der Waals surface area contributed by atoms with Crippen LogP contribution >= 0.6 is 0 Å². The summed E-state index contributed by atoms with van der Waals surface area (Å²) in [5, 5.41) is 26.7. The molecule has 1 aromatic heterocycles. The summed E-state index contributed by atoms with van der Waals surface area (Å²) in [5.74, 6) is 0.660. The largest absolute Gasteiger partial charge is 0.504 e. The number of aromatic nitrogens is 2. The second-order valence-electron chi connectivity index (χ2n) is 5.50. The van der Waals surface area contributed by atoms with Gasteiger partial charge in [-0.25, -0.2) is 0 Å². The van der Waals surface area contributed by atoms with Crippen molar-refractivity contribution < 1.29 is 19.6 Å². The Hall–Kier alpha value is -3.35. The van der Waals surface area contributed by atoms with Gasteiger partial charge in [0.15, 0.2) is 17.3 Å². The predicted octanol–water partition coefficient (Wildman–Crippen LogP) is 3.40. The van der Waals surface area contributed by atoms with Gasteiger partial charge in [-0.2, -0.15) is 4.98 Å². The van der Waals surface area contributed by atoms with E-state index >= 15 is 0 Å². The highest BCUT2D eigenvalue weighted by Crippen LogP contribution is 2.25. The van der Waals surface area contributed by atoms with Gasteiger partial charge in [-0.3, -0.25) is 0 Å². The molecule has 128 valence electrons. The van der Waals surface area contributed by atoms with Crippen molar-refractivity contribution in [1.29, 1.82) is 0 Å². The molecule has 0 aliphatic rings. The molecular formula is C18H17N3O4. The molecular weight excluding hydrogens is 322 g/mol. The molecule has 2 aromatic carbocycles. The monoisotopic (exact) mass is 339 g/mol. The van der Waals surface area contributed by atoms with E-state index in [9.17, 15) is 10.2 Å². The van der Waals surface area contributed by atoms with Crippen molar-refractivity contribution in [3.05, 3.63) is 59.4 Å². The maximum atomic E-state index is 9.53. The number of aromatic hydroxyl groups is 2. The zero-order valence-corrected chi connectivity index (χ0v) is 13.8. The molecule has 0 amide bonds. The van der Waals surface area contributed by atoms with E-state index in [2.05, 4.69) is 15.3 Å². The third-order valence-electron chi connectivity index (χ3n) is 3.53. The second kappa shape index (κ2) is 7.04. The van der Waals surface area contributed by atoms with Crippen molar-refractivity contribution in [2.45, 2.75) is 20.5 Å². The molecule has 7 nitrogen and oxygen atoms in total. The van der Waals surface area contributed by atoms with Gasteiger partial charge in [0.2, 0.25) is 0 Å². The van der Waals surface area contributed by atoms with Gasteiger partial charge in [0.05, 0.1) is 5.71 Å². The molecule has 7 heteroatoms. The van der Waals surface area contributed by atoms with Crippen LogP contribution in [-0.2, 0) is 11.4 Å². The van der Waals surface area contributed by atoms with Gasteiger partial charge in [-0.15, -0.1) is 0 Å². The fourth-order valence-corrected chi connectivity index (χ4v) is 2.21. The minimum Gasteiger partial charge on any atom is -0.504 e. The summed E-state index contributed by atoms with van der Waals surface area (Å²) < 4.78 is 5.15. The van der Waals surface area contributed by atoms with Gasteiger partial charge in [-0.05, 0) is 49.7 Å². The van der Waals surface area contributed by atoms with Gasteiger partial charge < -0.3 is 19.6 Å². The lowest BCUT2D eigenvalue weighted by molar-refractivity contribution is 0.130. The Labute approximate surface area is 144 Å². The minimum absolute atomic E-state index is 0.175. The first kappa shape index (κ1) is 16.5. The molecule has 0 atom stereocenters. The van der Waals surface area contributed by atoms with Gasteiger partial charge in [0.1, 0.15) is 6.61 Å². The first-order valence-corrected chi connectivity index (χ1v) is 7.61. The van der Waals surface area contributed by atoms with Crippen LogP contribution in [0.15, 0.2) is 52.1 Å². The van der Waals surface area contributed by atoms with Crippen molar-refractivity contribution in [1.82, 2.24) is 10.1 Å². The molecule has 3 aromatic rings. The summed E-state index contributed by atoms with van der Waals surface area (Å²) in [6, 6.07) is 12.0. The molecule has 25 heavy (non-hydrogen) atoms. The second-order valence-corrected chi connectivity index (χ2v) is 5.50. The summed E-state index contributed by atoms with van der Waals surface area (Å²) in [6.07, 6.45) is 0. The number of hydrogen-bond donors (Lipinski definition) is 2. The van der Waals surface area contributed by atoms with E-state index in [-0.39, 0.29) is 18.1 Å². The molecule has 0 bridgehead atoms. The molecule has 0 saturated carbocycles. The van der Waals surface area contributed by atoms with E-state index < -0.39 is 0 Å². The van der Waals surface area contributed by atoms with E-state index in [1.165, 1.54) is 12.1 Å². The molecule has 0 radical (unpaired) electrons. The number of benzene rings is 2. The number of phenolic OH excluding ortho intramolecular Hbond substituents is 2. The molecule has 0 aliphatic heterocycles. The Morgan fingerprint density at radius 1 is 1.16 bits per heavy atom. The molecule has 0 saturated heterocycles. The van der Waals surface area contributed by atoms with Crippen molar-refractivity contribution in [2.24, 2.45) is 5.16 Å². The highest BCUT2D eigenvalue weighted by Gasteiger charge is 2.07. The first-order chi connectivity index (χ1) is 12.0. The number of nitrogens with zero attached hydrogens (tertiary/aromatic N) is 3. The quantitative estimate of drug-likeness (QED) is 0.420. The lowest BCUT2D eigenvalue weighted by atomic mass is 10.1. The van der Waals surface area contributed by atoms with Crippen LogP contribution in [-0.4, -0.2) is 26.1 Å². The molecule has 2 N–H and O–H groups in total. The standard InChI is InChI=1S/C18H17N3O4/c1-11(14-6-7-16(22)17(23)9-14)20-24-10-13-4-3-5-15(8-13)18-19-12(2)21-25-18/h3-9,22-23H,10H2,1-2H3/b20-11+. The van der Waals surface area contributed by atoms with Crippen LogP contribution in [0.3, 0.4) is 0 Å². The van der Waals surface area contributed by atoms with Crippen molar-refractivity contribution >= 4 is 5.71 Å². The van der Waals surface area contributed by atoms with E-state index in [1.807, 2.05) is 24.3 Å². The van der Waals surface area contributed by atoms with Crippen molar-refractivity contribution in [3.63, 3.8) is 0 Å². The Bertz CT molecular complexity index is 918. The number of rotatable bonds is 5. The van der Waals surface area contributed by atoms with Crippen LogP contribution < -0.4 is 0 Å². The normalized spacial score (nSPS) is 11.5. The van der Waals surface area contributed by atoms with Gasteiger partial charge in [0, 0.05) is 11.1 Å². The van der Waals surface area contributed by atoms with E-state index in [0.717, 1.165) is 11.1 Å². The Balaban J connectivity index is 1.68.